The standard InChI is InChI=1S/C20H38O3S2.C16H22O3S2/c1-15(2)11-17(5)13-19(21)24-9-7-23-8-10-25-20(22)14-18(6)12-16(3)4;1-3-5-7-9-15(17)20-13-11-19-12-14-21-16(18)10-8-6-4-2/h15-18H,7-14H2,1-6H3;3-10H,11-14H2,1-2H3/b;5-3+,6-4+,9-7+,10-8+. The van der Waals surface area contributed by atoms with Crippen LogP contribution < -0.4 is 0 Å². The van der Waals surface area contributed by atoms with E-state index < -0.39 is 0 Å². The van der Waals surface area contributed by atoms with Gasteiger partial charge in [-0.2, -0.15) is 0 Å². The number of hydrogen-bond donors (Lipinski definition) is 0. The molecule has 0 amide bonds. The Hall–Kier alpha value is -1.04. The van der Waals surface area contributed by atoms with Crippen LogP contribution in [0.1, 0.15) is 81.1 Å². The van der Waals surface area contributed by atoms with E-state index in [4.69, 9.17) is 9.47 Å². The van der Waals surface area contributed by atoms with Crippen molar-refractivity contribution in [2.24, 2.45) is 23.7 Å². The summed E-state index contributed by atoms with van der Waals surface area (Å²) >= 11 is 5.20. The molecule has 0 spiro atoms. The maximum absolute atomic E-state index is 11.9. The van der Waals surface area contributed by atoms with Gasteiger partial charge in [0.15, 0.2) is 10.2 Å². The summed E-state index contributed by atoms with van der Waals surface area (Å²) < 4.78 is 10.9. The molecule has 0 aliphatic heterocycles. The minimum atomic E-state index is 0.0235. The molecule has 0 saturated heterocycles. The second-order valence-corrected chi connectivity index (χ2v) is 16.2. The predicted octanol–water partition coefficient (Wildman–Crippen LogP) is 9.45. The van der Waals surface area contributed by atoms with Crippen molar-refractivity contribution in [3.63, 3.8) is 0 Å². The van der Waals surface area contributed by atoms with Crippen molar-refractivity contribution < 1.29 is 28.7 Å². The van der Waals surface area contributed by atoms with Gasteiger partial charge in [0, 0.05) is 35.9 Å². The minimum absolute atomic E-state index is 0.0235. The fraction of sp³-hybridized carbons (Fsp3) is 0.667. The van der Waals surface area contributed by atoms with Crippen molar-refractivity contribution in [1.29, 1.82) is 0 Å². The molecule has 2 unspecified atom stereocenters. The fourth-order valence-electron chi connectivity index (χ4n) is 4.09. The summed E-state index contributed by atoms with van der Waals surface area (Å²) in [6.45, 7) is 19.0. The summed E-state index contributed by atoms with van der Waals surface area (Å²) in [5.74, 6) is 4.86. The Morgan fingerprint density at radius 2 is 0.848 bits per heavy atom. The monoisotopic (exact) mass is 716 g/mol. The van der Waals surface area contributed by atoms with Crippen molar-refractivity contribution in [1.82, 2.24) is 0 Å². The molecular weight excluding hydrogens is 657 g/mol. The van der Waals surface area contributed by atoms with Crippen LogP contribution in [0.15, 0.2) is 48.6 Å². The maximum atomic E-state index is 11.9. The van der Waals surface area contributed by atoms with Gasteiger partial charge in [-0.1, -0.05) is 125 Å². The first-order chi connectivity index (χ1) is 21.9. The highest BCUT2D eigenvalue weighted by Crippen LogP contribution is 2.20. The fourth-order valence-corrected chi connectivity index (χ4v) is 6.90. The smallest absolute Gasteiger partial charge is 0.212 e. The molecule has 46 heavy (non-hydrogen) atoms. The molecule has 10 heteroatoms. The molecule has 6 nitrogen and oxygen atoms in total. The van der Waals surface area contributed by atoms with Gasteiger partial charge in [-0.15, -0.1) is 0 Å². The van der Waals surface area contributed by atoms with Gasteiger partial charge in [0.05, 0.1) is 26.4 Å². The number of hydrogen-bond acceptors (Lipinski definition) is 10. The van der Waals surface area contributed by atoms with E-state index in [1.807, 2.05) is 38.2 Å². The van der Waals surface area contributed by atoms with E-state index in [0.29, 0.717) is 86.0 Å². The Balaban J connectivity index is 0. The molecule has 0 rings (SSSR count). The van der Waals surface area contributed by atoms with Crippen LogP contribution in [-0.4, -0.2) is 69.9 Å². The maximum Gasteiger partial charge on any atom is 0.212 e. The highest BCUT2D eigenvalue weighted by Gasteiger charge is 2.12. The molecule has 0 aromatic carbocycles. The molecule has 0 bridgehead atoms. The summed E-state index contributed by atoms with van der Waals surface area (Å²) in [4.78, 5) is 46.4. The van der Waals surface area contributed by atoms with Gasteiger partial charge in [0.25, 0.3) is 0 Å². The van der Waals surface area contributed by atoms with E-state index in [1.165, 1.54) is 59.2 Å². The average Bonchev–Trinajstić information content (AvgIpc) is 2.95. The molecule has 0 aromatic heterocycles. The molecule has 264 valence electrons. The first-order valence-electron chi connectivity index (χ1n) is 16.3. The van der Waals surface area contributed by atoms with Gasteiger partial charge in [0.1, 0.15) is 0 Å². The molecule has 0 aliphatic rings. The minimum Gasteiger partial charge on any atom is -0.380 e. The first-order valence-corrected chi connectivity index (χ1v) is 20.2. The molecule has 0 radical (unpaired) electrons. The highest BCUT2D eigenvalue weighted by atomic mass is 32.2. The van der Waals surface area contributed by atoms with Gasteiger partial charge in [-0.3, -0.25) is 19.2 Å². The van der Waals surface area contributed by atoms with Crippen LogP contribution >= 0.6 is 47.0 Å². The van der Waals surface area contributed by atoms with Crippen LogP contribution in [-0.2, 0) is 28.7 Å². The normalized spacial score (nSPS) is 13.3. The van der Waals surface area contributed by atoms with Gasteiger partial charge in [-0.25, -0.2) is 0 Å². The molecule has 0 saturated carbocycles. The third-order valence-electron chi connectivity index (χ3n) is 5.77. The molecule has 0 aliphatic carbocycles. The molecule has 2 atom stereocenters. The zero-order valence-electron chi connectivity index (χ0n) is 29.5. The van der Waals surface area contributed by atoms with E-state index in [0.717, 1.165) is 12.8 Å². The number of carbonyl (C=O) groups excluding carboxylic acids is 4. The number of carbonyl (C=O) groups is 4. The van der Waals surface area contributed by atoms with E-state index in [9.17, 15) is 19.2 Å². The number of thioether (sulfide) groups is 4. The lowest BCUT2D eigenvalue weighted by atomic mass is 9.97. The van der Waals surface area contributed by atoms with Crippen molar-refractivity contribution in [3.05, 3.63) is 48.6 Å². The third kappa shape index (κ3) is 37.4. The molecule has 0 fully saturated rings. The molecule has 0 N–H and O–H groups in total. The zero-order valence-corrected chi connectivity index (χ0v) is 32.8. The average molecular weight is 717 g/mol. The van der Waals surface area contributed by atoms with Crippen LogP contribution in [0.5, 0.6) is 0 Å². The SMILES string of the molecule is C/C=C/C=C/C(=O)SCCOCCSC(=O)/C=C/C=C/C.CC(C)CC(C)CC(=O)SCCOCCSC(=O)CC(C)CC(C)C. The second-order valence-electron chi connectivity index (χ2n) is 11.6. The summed E-state index contributed by atoms with van der Waals surface area (Å²) in [5.41, 5.74) is 0. The summed E-state index contributed by atoms with van der Waals surface area (Å²) in [6, 6.07) is 0. The van der Waals surface area contributed by atoms with Gasteiger partial charge < -0.3 is 9.47 Å². The van der Waals surface area contributed by atoms with Crippen molar-refractivity contribution in [2.45, 2.75) is 81.1 Å². The van der Waals surface area contributed by atoms with E-state index >= 15 is 0 Å². The van der Waals surface area contributed by atoms with E-state index in [2.05, 4.69) is 41.5 Å². The van der Waals surface area contributed by atoms with Gasteiger partial charge >= 0.3 is 0 Å². The van der Waals surface area contributed by atoms with Gasteiger partial charge in [0.2, 0.25) is 10.2 Å². The van der Waals surface area contributed by atoms with Crippen molar-refractivity contribution >= 4 is 67.5 Å². The zero-order chi connectivity index (χ0) is 35.0. The highest BCUT2D eigenvalue weighted by molar-refractivity contribution is 8.14. The van der Waals surface area contributed by atoms with E-state index in [-0.39, 0.29) is 20.5 Å². The number of rotatable bonds is 24. The first kappa shape index (κ1) is 47.1. The van der Waals surface area contributed by atoms with Crippen molar-refractivity contribution in [2.75, 3.05) is 49.4 Å². The van der Waals surface area contributed by atoms with Crippen LogP contribution in [0, 0.1) is 23.7 Å². The number of allylic oxidation sites excluding steroid dienone is 6. The van der Waals surface area contributed by atoms with Crippen LogP contribution in [0.2, 0.25) is 0 Å². The van der Waals surface area contributed by atoms with Crippen LogP contribution in [0.4, 0.5) is 0 Å². The Bertz CT molecular complexity index is 855. The Labute approximate surface area is 297 Å². The Morgan fingerprint density at radius 1 is 0.522 bits per heavy atom. The quantitative estimate of drug-likeness (QED) is 0.0547. The Morgan fingerprint density at radius 3 is 1.15 bits per heavy atom. The second kappa shape index (κ2) is 33.8. The lowest BCUT2D eigenvalue weighted by Gasteiger charge is -2.13. The number of ether oxygens (including phenoxy) is 2. The largest absolute Gasteiger partial charge is 0.380 e. The third-order valence-corrected chi connectivity index (χ3v) is 9.08. The van der Waals surface area contributed by atoms with E-state index in [1.54, 1.807) is 12.2 Å². The summed E-state index contributed by atoms with van der Waals surface area (Å²) in [6.07, 6.45) is 17.4. The summed E-state index contributed by atoms with van der Waals surface area (Å²) in [7, 11) is 0. The molecule has 0 aromatic rings. The van der Waals surface area contributed by atoms with Crippen molar-refractivity contribution in [3.8, 4) is 0 Å². The topological polar surface area (TPSA) is 86.7 Å². The molecule has 0 heterocycles. The lowest BCUT2D eigenvalue weighted by molar-refractivity contribution is -0.112. The van der Waals surface area contributed by atoms with Gasteiger partial charge in [-0.05, 0) is 62.5 Å². The summed E-state index contributed by atoms with van der Waals surface area (Å²) in [5, 5.41) is 0.576. The lowest BCUT2D eigenvalue weighted by Crippen LogP contribution is -2.09. The van der Waals surface area contributed by atoms with Crippen LogP contribution in [0.3, 0.4) is 0 Å². The Kier molecular flexibility index (Phi) is 34.6. The molecular formula is C36H60O6S4. The predicted molar refractivity (Wildman–Crippen MR) is 206 cm³/mol. The van der Waals surface area contributed by atoms with Crippen LogP contribution in [0.25, 0.3) is 0 Å².